The normalized spacial score (nSPS) is 19.8. The van der Waals surface area contributed by atoms with Gasteiger partial charge in [-0.25, -0.2) is 9.78 Å². The van der Waals surface area contributed by atoms with Gasteiger partial charge in [0.15, 0.2) is 5.12 Å². The molecule has 0 aliphatic carbocycles. The molecule has 2 atom stereocenters. The van der Waals surface area contributed by atoms with Gasteiger partial charge in [-0.05, 0) is 51.2 Å². The van der Waals surface area contributed by atoms with E-state index in [4.69, 9.17) is 4.74 Å². The van der Waals surface area contributed by atoms with Crippen molar-refractivity contribution in [2.75, 3.05) is 12.0 Å². The Hall–Kier alpha value is -3.12. The lowest BCUT2D eigenvalue weighted by atomic mass is 10.1. The van der Waals surface area contributed by atoms with Crippen molar-refractivity contribution in [1.29, 1.82) is 0 Å². The van der Waals surface area contributed by atoms with Gasteiger partial charge >= 0.3 is 5.97 Å². The molecule has 2 heterocycles. The highest BCUT2D eigenvalue weighted by molar-refractivity contribution is 8.13. The largest absolute Gasteiger partial charge is 0.456 e. The molecular weight excluding hydrogens is 576 g/mol. The molecule has 42 heavy (non-hydrogen) atoms. The minimum absolute atomic E-state index is 0.0400. The number of allylic oxidation sites excluding steroid dienone is 2. The number of carbonyl (C=O) groups excluding carboxylic acids is 5. The first kappa shape index (κ1) is 35.1. The molecular formula is C30H42N4O6S2. The highest BCUT2D eigenvalue weighted by atomic mass is 32.2. The zero-order chi connectivity index (χ0) is 30.9. The Bertz CT molecular complexity index is 1170. The van der Waals surface area contributed by atoms with Gasteiger partial charge in [0.05, 0.1) is 18.7 Å². The Labute approximate surface area is 256 Å². The van der Waals surface area contributed by atoms with Crippen LogP contribution in [-0.2, 0) is 30.5 Å². The molecule has 1 aromatic heterocycles. The molecule has 0 spiro atoms. The summed E-state index contributed by atoms with van der Waals surface area (Å²) in [4.78, 5) is 68.5. The topological polar surface area (TPSA) is 144 Å². The van der Waals surface area contributed by atoms with Crippen LogP contribution in [0.25, 0.3) is 0 Å². The molecule has 0 saturated carbocycles. The number of ether oxygens (including phenoxy) is 1. The minimum Gasteiger partial charge on any atom is -0.456 e. The summed E-state index contributed by atoms with van der Waals surface area (Å²) in [5, 5.41) is 8.01. The zero-order valence-electron chi connectivity index (χ0n) is 24.8. The highest BCUT2D eigenvalue weighted by Crippen LogP contribution is 2.20. The molecule has 1 aliphatic heterocycles. The van der Waals surface area contributed by atoms with Gasteiger partial charge < -0.3 is 20.7 Å². The molecule has 2 bridgehead atoms. The molecule has 0 fully saturated rings. The average Bonchev–Trinajstić information content (AvgIpc) is 2.97. The lowest BCUT2D eigenvalue weighted by Gasteiger charge is -2.20. The van der Waals surface area contributed by atoms with E-state index in [2.05, 4.69) is 27.9 Å². The number of carbonyl (C=O) groups is 5. The van der Waals surface area contributed by atoms with Crippen molar-refractivity contribution in [3.63, 3.8) is 0 Å². The summed E-state index contributed by atoms with van der Waals surface area (Å²) >= 11 is 2.70. The number of aromatic nitrogens is 1. The molecule has 230 valence electrons. The van der Waals surface area contributed by atoms with Crippen LogP contribution in [0.5, 0.6) is 0 Å². The maximum atomic E-state index is 12.8. The Morgan fingerprint density at radius 2 is 1.88 bits per heavy atom. The molecule has 1 aliphatic rings. The van der Waals surface area contributed by atoms with E-state index in [1.165, 1.54) is 49.4 Å². The van der Waals surface area contributed by atoms with Crippen LogP contribution in [0.15, 0.2) is 41.0 Å². The summed E-state index contributed by atoms with van der Waals surface area (Å²) in [5.74, 6) is -1.79. The van der Waals surface area contributed by atoms with Gasteiger partial charge in [-0.3, -0.25) is 19.2 Å². The van der Waals surface area contributed by atoms with E-state index < -0.39 is 29.9 Å². The number of pyridine rings is 1. The van der Waals surface area contributed by atoms with Gasteiger partial charge in [0, 0.05) is 17.1 Å². The smallest absolute Gasteiger partial charge is 0.328 e. The monoisotopic (exact) mass is 618 g/mol. The molecule has 0 unspecified atom stereocenters. The second-order valence-electron chi connectivity index (χ2n) is 9.75. The van der Waals surface area contributed by atoms with Crippen molar-refractivity contribution < 1.29 is 28.7 Å². The number of fused-ring (bicyclic) bond motifs is 2. The first-order chi connectivity index (χ1) is 20.2. The van der Waals surface area contributed by atoms with Gasteiger partial charge in [0.25, 0.3) is 11.8 Å². The summed E-state index contributed by atoms with van der Waals surface area (Å²) in [6.45, 7) is 5.26. The number of nitrogens with zero attached hydrogens (tertiary/aromatic N) is 1. The Kier molecular flexibility index (Phi) is 16.0. The van der Waals surface area contributed by atoms with Crippen molar-refractivity contribution in [2.45, 2.75) is 95.7 Å². The molecule has 10 nitrogen and oxygen atoms in total. The number of unbranched alkanes of at least 4 members (excludes halogenated alkanes) is 4. The number of amides is 3. The van der Waals surface area contributed by atoms with Crippen molar-refractivity contribution in [2.24, 2.45) is 0 Å². The fraction of sp³-hybridized carbons (Fsp3) is 0.533. The second-order valence-corrected chi connectivity index (χ2v) is 11.8. The van der Waals surface area contributed by atoms with Crippen LogP contribution in [0.1, 0.15) is 88.3 Å². The van der Waals surface area contributed by atoms with Crippen LogP contribution in [-0.4, -0.2) is 57.9 Å². The van der Waals surface area contributed by atoms with Crippen LogP contribution in [0.4, 0.5) is 0 Å². The number of rotatable bonds is 11. The molecule has 0 radical (unpaired) electrons. The molecule has 12 heteroatoms. The number of hydrogen-bond donors (Lipinski definition) is 3. The predicted octanol–water partition coefficient (Wildman–Crippen LogP) is 4.44. The van der Waals surface area contributed by atoms with E-state index in [9.17, 15) is 24.0 Å². The molecule has 1 aromatic rings. The predicted molar refractivity (Wildman–Crippen MR) is 166 cm³/mol. The standard InChI is InChI=1S/C30H42N4O6S2/c1-5-7-8-9-10-14-27(36)42-17-12-11-13-21-18-26(35)31-19-24-25(41-4)16-15-23(33-24)29(38)34-22(6-2)28(37)32-20(3)30(39)40-21/h6,11,13,15-16,20-21H,5,7-10,12,14,17-19H2,1-4H3,(H,31,35)(H,32,37)(H,34,38)/b13-11+,22-6-/t20-,21+/m0/s1. The number of cyclic esters (lactones) is 1. The Morgan fingerprint density at radius 3 is 2.60 bits per heavy atom. The Morgan fingerprint density at radius 1 is 1.12 bits per heavy atom. The van der Waals surface area contributed by atoms with E-state index in [-0.39, 0.29) is 35.4 Å². The van der Waals surface area contributed by atoms with Crippen LogP contribution in [0.3, 0.4) is 0 Å². The number of nitrogens with one attached hydrogen (secondary N) is 3. The molecule has 0 aromatic carbocycles. The third kappa shape index (κ3) is 12.4. The highest BCUT2D eigenvalue weighted by Gasteiger charge is 2.25. The molecule has 3 amide bonds. The zero-order valence-corrected chi connectivity index (χ0v) is 26.5. The third-order valence-corrected chi connectivity index (χ3v) is 8.13. The van der Waals surface area contributed by atoms with Crippen LogP contribution in [0.2, 0.25) is 0 Å². The first-order valence-electron chi connectivity index (χ1n) is 14.3. The average molecular weight is 619 g/mol. The summed E-state index contributed by atoms with van der Waals surface area (Å²) in [5.41, 5.74) is 0.533. The van der Waals surface area contributed by atoms with E-state index in [0.717, 1.165) is 24.2 Å². The maximum absolute atomic E-state index is 12.8. The van der Waals surface area contributed by atoms with Crippen molar-refractivity contribution >= 4 is 52.3 Å². The second kappa shape index (κ2) is 19.1. The fourth-order valence-corrected chi connectivity index (χ4v) is 5.31. The summed E-state index contributed by atoms with van der Waals surface area (Å²) in [7, 11) is 0. The lowest BCUT2D eigenvalue weighted by Crippen LogP contribution is -2.44. The van der Waals surface area contributed by atoms with Crippen LogP contribution in [0, 0.1) is 0 Å². The number of esters is 1. The van der Waals surface area contributed by atoms with Crippen molar-refractivity contribution in [3.05, 3.63) is 47.4 Å². The van der Waals surface area contributed by atoms with Gasteiger partial charge in [-0.2, -0.15) is 0 Å². The summed E-state index contributed by atoms with van der Waals surface area (Å²) < 4.78 is 5.57. The first-order valence-corrected chi connectivity index (χ1v) is 16.5. The van der Waals surface area contributed by atoms with E-state index >= 15 is 0 Å². The number of thioether (sulfide) groups is 2. The van der Waals surface area contributed by atoms with E-state index in [1.54, 1.807) is 31.2 Å². The van der Waals surface area contributed by atoms with Gasteiger partial charge in [0.1, 0.15) is 23.5 Å². The van der Waals surface area contributed by atoms with Gasteiger partial charge in [0.2, 0.25) is 5.91 Å². The molecule has 0 saturated heterocycles. The molecule has 3 N–H and O–H groups in total. The summed E-state index contributed by atoms with van der Waals surface area (Å²) in [6.07, 6.45) is 12.3. The number of hydrogen-bond acceptors (Lipinski definition) is 9. The van der Waals surface area contributed by atoms with Gasteiger partial charge in [-0.15, -0.1) is 11.8 Å². The lowest BCUT2D eigenvalue weighted by molar-refractivity contribution is -0.151. The Balaban J connectivity index is 2.11. The molecule has 2 rings (SSSR count). The van der Waals surface area contributed by atoms with Crippen molar-refractivity contribution in [1.82, 2.24) is 20.9 Å². The quantitative estimate of drug-likeness (QED) is 0.108. The van der Waals surface area contributed by atoms with Crippen LogP contribution >= 0.6 is 23.5 Å². The van der Waals surface area contributed by atoms with Crippen LogP contribution < -0.4 is 16.0 Å². The minimum atomic E-state index is -1.05. The van der Waals surface area contributed by atoms with E-state index in [0.29, 0.717) is 24.3 Å². The van der Waals surface area contributed by atoms with Gasteiger partial charge in [-0.1, -0.05) is 56.5 Å². The fourth-order valence-electron chi connectivity index (χ4n) is 3.98. The third-order valence-electron chi connectivity index (χ3n) is 6.36. The summed E-state index contributed by atoms with van der Waals surface area (Å²) in [6, 6.07) is 2.23. The van der Waals surface area contributed by atoms with Crippen molar-refractivity contribution in [3.8, 4) is 0 Å². The maximum Gasteiger partial charge on any atom is 0.328 e. The SMILES string of the molecule is C/C=C1\NC(=O)c2ccc(SC)c(n2)CNC(=O)C[C@@H](/C=C/CCSC(=O)CCCCCCC)OC(=O)[C@H](C)NC1=O. The van der Waals surface area contributed by atoms with E-state index in [1.807, 2.05) is 6.26 Å².